The van der Waals surface area contributed by atoms with Crippen molar-refractivity contribution in [1.82, 2.24) is 0 Å². The fourth-order valence-electron chi connectivity index (χ4n) is 1.76. The molecule has 0 aliphatic heterocycles. The lowest BCUT2D eigenvalue weighted by Crippen LogP contribution is -2.21. The monoisotopic (exact) mass is 267 g/mol. The van der Waals surface area contributed by atoms with E-state index in [1.165, 1.54) is 32.4 Å². The van der Waals surface area contributed by atoms with Crippen molar-refractivity contribution in [1.29, 1.82) is 5.26 Å². The van der Waals surface area contributed by atoms with E-state index in [1.54, 1.807) is 0 Å². The maximum atomic E-state index is 12.3. The van der Waals surface area contributed by atoms with Crippen LogP contribution in [0.4, 0.5) is 0 Å². The van der Waals surface area contributed by atoms with Crippen LogP contribution in [0, 0.1) is 11.3 Å². The maximum absolute atomic E-state index is 12.3. The molecule has 1 aliphatic carbocycles. The van der Waals surface area contributed by atoms with Crippen molar-refractivity contribution in [3.63, 3.8) is 0 Å². The van der Waals surface area contributed by atoms with E-state index >= 15 is 0 Å². The lowest BCUT2D eigenvalue weighted by molar-refractivity contribution is 0.354. The number of rotatable bonds is 4. The molecule has 2 rings (SSSR count). The average Bonchev–Trinajstić information content (AvgIpc) is 3.19. The van der Waals surface area contributed by atoms with E-state index in [4.69, 9.17) is 14.7 Å². The SMILES string of the molecule is COc1ccc(S(=O)(=O)C2(C#N)CC2)cc1OC. The third-order valence-corrected chi connectivity index (χ3v) is 5.49. The van der Waals surface area contributed by atoms with E-state index in [0.717, 1.165) is 0 Å². The van der Waals surface area contributed by atoms with Gasteiger partial charge >= 0.3 is 0 Å². The van der Waals surface area contributed by atoms with Crippen LogP contribution in [0.3, 0.4) is 0 Å². The van der Waals surface area contributed by atoms with Crippen molar-refractivity contribution in [2.24, 2.45) is 0 Å². The molecule has 0 spiro atoms. The minimum Gasteiger partial charge on any atom is -0.493 e. The molecule has 0 amide bonds. The molecule has 5 nitrogen and oxygen atoms in total. The quantitative estimate of drug-likeness (QED) is 0.827. The molecule has 0 atom stereocenters. The second kappa shape index (κ2) is 4.18. The second-order valence-electron chi connectivity index (χ2n) is 4.13. The summed E-state index contributed by atoms with van der Waals surface area (Å²) in [7, 11) is -0.720. The average molecular weight is 267 g/mol. The van der Waals surface area contributed by atoms with Gasteiger partial charge in [0.15, 0.2) is 26.1 Å². The first-order chi connectivity index (χ1) is 8.50. The van der Waals surface area contributed by atoms with Gasteiger partial charge in [-0.3, -0.25) is 0 Å². The van der Waals surface area contributed by atoms with Crippen LogP contribution in [-0.4, -0.2) is 27.4 Å². The molecule has 96 valence electrons. The lowest BCUT2D eigenvalue weighted by Gasteiger charge is -2.12. The summed E-state index contributed by atoms with van der Waals surface area (Å²) in [4.78, 5) is 0.0965. The normalized spacial score (nSPS) is 16.7. The van der Waals surface area contributed by atoms with Gasteiger partial charge in [0.05, 0.1) is 25.2 Å². The zero-order chi connectivity index (χ0) is 13.4. The van der Waals surface area contributed by atoms with Gasteiger partial charge in [-0.05, 0) is 25.0 Å². The molecule has 0 bridgehead atoms. The van der Waals surface area contributed by atoms with E-state index in [-0.39, 0.29) is 4.90 Å². The second-order valence-corrected chi connectivity index (χ2v) is 6.39. The van der Waals surface area contributed by atoms with Crippen LogP contribution in [0.5, 0.6) is 11.5 Å². The van der Waals surface area contributed by atoms with E-state index in [2.05, 4.69) is 0 Å². The molecule has 1 aromatic carbocycles. The summed E-state index contributed by atoms with van der Waals surface area (Å²) in [5, 5.41) is 9.00. The number of sulfone groups is 1. The van der Waals surface area contributed by atoms with E-state index < -0.39 is 14.6 Å². The standard InChI is InChI=1S/C12H13NO4S/c1-16-10-4-3-9(7-11(10)17-2)18(14,15)12(8-13)5-6-12/h3-4,7H,5-6H2,1-2H3. The van der Waals surface area contributed by atoms with Crippen LogP contribution < -0.4 is 9.47 Å². The van der Waals surface area contributed by atoms with Crippen molar-refractivity contribution in [2.75, 3.05) is 14.2 Å². The molecule has 0 aromatic heterocycles. The minimum absolute atomic E-state index is 0.0965. The number of nitrogens with zero attached hydrogens (tertiary/aromatic N) is 1. The van der Waals surface area contributed by atoms with Crippen molar-refractivity contribution in [3.8, 4) is 17.6 Å². The highest BCUT2D eigenvalue weighted by atomic mass is 32.2. The van der Waals surface area contributed by atoms with Gasteiger partial charge in [0.25, 0.3) is 0 Å². The highest BCUT2D eigenvalue weighted by Crippen LogP contribution is 2.47. The number of hydrogen-bond donors (Lipinski definition) is 0. The summed E-state index contributed by atoms with van der Waals surface area (Å²) in [6, 6.07) is 6.26. The maximum Gasteiger partial charge on any atom is 0.197 e. The van der Waals surface area contributed by atoms with Crippen LogP contribution in [0.25, 0.3) is 0 Å². The van der Waals surface area contributed by atoms with Crippen LogP contribution in [0.2, 0.25) is 0 Å². The predicted molar refractivity (Wildman–Crippen MR) is 64.3 cm³/mol. The van der Waals surface area contributed by atoms with Gasteiger partial charge in [-0.1, -0.05) is 0 Å². The Balaban J connectivity index is 2.51. The molecule has 0 N–H and O–H groups in total. The first-order valence-electron chi connectivity index (χ1n) is 5.39. The van der Waals surface area contributed by atoms with Crippen LogP contribution in [-0.2, 0) is 9.84 Å². The molecule has 18 heavy (non-hydrogen) atoms. The van der Waals surface area contributed by atoms with Gasteiger partial charge in [-0.25, -0.2) is 8.42 Å². The zero-order valence-electron chi connectivity index (χ0n) is 10.1. The predicted octanol–water partition coefficient (Wildman–Crippen LogP) is 1.53. The Labute approximate surface area is 106 Å². The Morgan fingerprint density at radius 1 is 1.22 bits per heavy atom. The highest BCUT2D eigenvalue weighted by molar-refractivity contribution is 7.93. The Morgan fingerprint density at radius 2 is 1.83 bits per heavy atom. The minimum atomic E-state index is -3.63. The summed E-state index contributed by atoms with van der Waals surface area (Å²) in [6.07, 6.45) is 0.778. The first-order valence-corrected chi connectivity index (χ1v) is 6.87. The van der Waals surface area contributed by atoms with E-state index in [9.17, 15) is 8.42 Å². The molecule has 1 fully saturated rings. The third-order valence-electron chi connectivity index (χ3n) is 3.09. The molecule has 1 aliphatic rings. The van der Waals surface area contributed by atoms with Crippen molar-refractivity contribution >= 4 is 9.84 Å². The number of nitriles is 1. The highest BCUT2D eigenvalue weighted by Gasteiger charge is 2.56. The molecule has 1 saturated carbocycles. The topological polar surface area (TPSA) is 76.4 Å². The molecule has 1 aromatic rings. The van der Waals surface area contributed by atoms with Gasteiger partial charge in [-0.15, -0.1) is 0 Å². The fourth-order valence-corrected chi connectivity index (χ4v) is 3.48. The first kappa shape index (κ1) is 12.7. The molecule has 0 radical (unpaired) electrons. The summed E-state index contributed by atoms with van der Waals surface area (Å²) in [5.41, 5.74) is 0. The van der Waals surface area contributed by atoms with E-state index in [0.29, 0.717) is 24.3 Å². The fraction of sp³-hybridized carbons (Fsp3) is 0.417. The molecule has 6 heteroatoms. The zero-order valence-corrected chi connectivity index (χ0v) is 11.0. The Bertz CT molecular complexity index is 611. The number of ether oxygens (including phenoxy) is 2. The van der Waals surface area contributed by atoms with Gasteiger partial charge < -0.3 is 9.47 Å². The van der Waals surface area contributed by atoms with Crippen LogP contribution in [0.15, 0.2) is 23.1 Å². The number of methoxy groups -OCH3 is 2. The summed E-state index contributed by atoms with van der Waals surface area (Å²) < 4.78 is 33.5. The lowest BCUT2D eigenvalue weighted by atomic mass is 10.3. The van der Waals surface area contributed by atoms with Crippen molar-refractivity contribution in [3.05, 3.63) is 18.2 Å². The molecule has 0 saturated heterocycles. The smallest absolute Gasteiger partial charge is 0.197 e. The van der Waals surface area contributed by atoms with Crippen molar-refractivity contribution < 1.29 is 17.9 Å². The number of benzene rings is 1. The summed E-state index contributed by atoms with van der Waals surface area (Å²) in [6.45, 7) is 0. The molecular weight excluding hydrogens is 254 g/mol. The Hall–Kier alpha value is -1.74. The number of hydrogen-bond acceptors (Lipinski definition) is 5. The van der Waals surface area contributed by atoms with Crippen LogP contribution in [0.1, 0.15) is 12.8 Å². The van der Waals surface area contributed by atoms with E-state index in [1.807, 2.05) is 6.07 Å². The summed E-state index contributed by atoms with van der Waals surface area (Å²) in [5.74, 6) is 0.797. The van der Waals surface area contributed by atoms with Gasteiger partial charge in [0.1, 0.15) is 0 Å². The molecule has 0 heterocycles. The Kier molecular flexibility index (Phi) is 2.95. The van der Waals surface area contributed by atoms with Gasteiger partial charge in [0.2, 0.25) is 0 Å². The van der Waals surface area contributed by atoms with Crippen molar-refractivity contribution in [2.45, 2.75) is 22.5 Å². The Morgan fingerprint density at radius 3 is 2.28 bits per heavy atom. The van der Waals surface area contributed by atoms with Gasteiger partial charge in [0, 0.05) is 6.07 Å². The van der Waals surface area contributed by atoms with Crippen LogP contribution >= 0.6 is 0 Å². The molecular formula is C12H13NO4S. The largest absolute Gasteiger partial charge is 0.493 e. The molecule has 0 unspecified atom stereocenters. The van der Waals surface area contributed by atoms with Gasteiger partial charge in [-0.2, -0.15) is 5.26 Å². The third kappa shape index (κ3) is 1.71. The summed E-state index contributed by atoms with van der Waals surface area (Å²) >= 11 is 0.